The molecule has 1 amide bonds. The van der Waals surface area contributed by atoms with Crippen LogP contribution in [0.25, 0.3) is 0 Å². The number of halogens is 1. The first-order valence-corrected chi connectivity index (χ1v) is 6.70. The summed E-state index contributed by atoms with van der Waals surface area (Å²) in [6.45, 7) is 2.64. The van der Waals surface area contributed by atoms with E-state index in [1.807, 2.05) is 0 Å². The lowest BCUT2D eigenvalue weighted by atomic mass is 10.2. The fourth-order valence-electron chi connectivity index (χ4n) is 1.77. The topological polar surface area (TPSA) is 41.1 Å². The summed E-state index contributed by atoms with van der Waals surface area (Å²) in [5.41, 5.74) is 1.32. The van der Waals surface area contributed by atoms with Crippen molar-refractivity contribution in [3.05, 3.63) is 29.6 Å². The Labute approximate surface area is 104 Å². The van der Waals surface area contributed by atoms with E-state index in [-0.39, 0.29) is 17.8 Å². The van der Waals surface area contributed by atoms with Crippen molar-refractivity contribution in [2.24, 2.45) is 0 Å². The van der Waals surface area contributed by atoms with Gasteiger partial charge in [-0.2, -0.15) is 11.8 Å². The molecule has 0 spiro atoms. The number of anilines is 1. The molecule has 1 aromatic carbocycles. The van der Waals surface area contributed by atoms with Crippen LogP contribution in [0.2, 0.25) is 0 Å². The second-order valence-corrected chi connectivity index (χ2v) is 5.24. The Morgan fingerprint density at radius 2 is 2.35 bits per heavy atom. The molecule has 1 heterocycles. The molecule has 1 aromatic rings. The van der Waals surface area contributed by atoms with E-state index >= 15 is 0 Å². The van der Waals surface area contributed by atoms with Crippen molar-refractivity contribution in [3.63, 3.8) is 0 Å². The molecule has 2 N–H and O–H groups in total. The SMILES string of the molecule is Cc1cc(F)cc(NC(=O)C2CSCCN2)c1. The van der Waals surface area contributed by atoms with Gasteiger partial charge in [-0.3, -0.25) is 4.79 Å². The Morgan fingerprint density at radius 3 is 3.00 bits per heavy atom. The summed E-state index contributed by atoms with van der Waals surface area (Å²) >= 11 is 1.75. The van der Waals surface area contributed by atoms with Crippen molar-refractivity contribution in [1.29, 1.82) is 0 Å². The van der Waals surface area contributed by atoms with E-state index in [0.717, 1.165) is 23.6 Å². The molecular weight excluding hydrogens is 239 g/mol. The van der Waals surface area contributed by atoms with Gasteiger partial charge < -0.3 is 10.6 Å². The smallest absolute Gasteiger partial charge is 0.242 e. The second-order valence-electron chi connectivity index (χ2n) is 4.09. The van der Waals surface area contributed by atoms with E-state index in [2.05, 4.69) is 10.6 Å². The summed E-state index contributed by atoms with van der Waals surface area (Å²) in [4.78, 5) is 11.9. The molecule has 92 valence electrons. The van der Waals surface area contributed by atoms with Gasteiger partial charge in [0.05, 0.1) is 6.04 Å². The van der Waals surface area contributed by atoms with Gasteiger partial charge in [0.2, 0.25) is 5.91 Å². The predicted molar refractivity (Wildman–Crippen MR) is 68.9 cm³/mol. The zero-order valence-electron chi connectivity index (χ0n) is 9.63. The number of carbonyl (C=O) groups excluding carboxylic acids is 1. The van der Waals surface area contributed by atoms with Crippen LogP contribution >= 0.6 is 11.8 Å². The van der Waals surface area contributed by atoms with E-state index < -0.39 is 0 Å². The van der Waals surface area contributed by atoms with Gasteiger partial charge in [0.1, 0.15) is 5.82 Å². The molecule has 0 radical (unpaired) electrons. The zero-order chi connectivity index (χ0) is 12.3. The van der Waals surface area contributed by atoms with Crippen LogP contribution < -0.4 is 10.6 Å². The Kier molecular flexibility index (Phi) is 4.02. The Balaban J connectivity index is 2.01. The first-order valence-electron chi connectivity index (χ1n) is 5.54. The number of rotatable bonds is 2. The highest BCUT2D eigenvalue weighted by Gasteiger charge is 2.20. The number of aryl methyl sites for hydroxylation is 1. The molecule has 0 aliphatic carbocycles. The largest absolute Gasteiger partial charge is 0.325 e. The average Bonchev–Trinajstić information content (AvgIpc) is 2.28. The number of thioether (sulfide) groups is 1. The van der Waals surface area contributed by atoms with Crippen LogP contribution in [-0.4, -0.2) is 30.0 Å². The number of hydrogen-bond acceptors (Lipinski definition) is 3. The number of hydrogen-bond donors (Lipinski definition) is 2. The number of nitrogens with one attached hydrogen (secondary N) is 2. The van der Waals surface area contributed by atoms with Crippen molar-refractivity contribution in [3.8, 4) is 0 Å². The standard InChI is InChI=1S/C12H15FN2OS/c1-8-4-9(13)6-10(5-8)15-12(16)11-7-17-3-2-14-11/h4-6,11,14H,2-3,7H2,1H3,(H,15,16). The third kappa shape index (κ3) is 3.44. The van der Waals surface area contributed by atoms with Crippen molar-refractivity contribution in [2.75, 3.05) is 23.4 Å². The van der Waals surface area contributed by atoms with Gasteiger partial charge in [0.15, 0.2) is 0 Å². The monoisotopic (exact) mass is 254 g/mol. The summed E-state index contributed by atoms with van der Waals surface area (Å²) in [6.07, 6.45) is 0. The van der Waals surface area contributed by atoms with Crippen LogP contribution in [0.5, 0.6) is 0 Å². The van der Waals surface area contributed by atoms with E-state index in [9.17, 15) is 9.18 Å². The van der Waals surface area contributed by atoms with Crippen LogP contribution in [-0.2, 0) is 4.79 Å². The molecule has 5 heteroatoms. The van der Waals surface area contributed by atoms with Crippen LogP contribution in [0.4, 0.5) is 10.1 Å². The molecule has 0 bridgehead atoms. The maximum absolute atomic E-state index is 13.1. The first-order chi connectivity index (χ1) is 8.15. The van der Waals surface area contributed by atoms with E-state index in [4.69, 9.17) is 0 Å². The fourth-order valence-corrected chi connectivity index (χ4v) is 2.71. The van der Waals surface area contributed by atoms with E-state index in [1.165, 1.54) is 12.1 Å². The highest BCUT2D eigenvalue weighted by atomic mass is 32.2. The van der Waals surface area contributed by atoms with Crippen LogP contribution in [0.3, 0.4) is 0 Å². The summed E-state index contributed by atoms with van der Waals surface area (Å²) in [5.74, 6) is 1.37. The van der Waals surface area contributed by atoms with Gasteiger partial charge >= 0.3 is 0 Å². The summed E-state index contributed by atoms with van der Waals surface area (Å²) in [6, 6.07) is 4.35. The fraction of sp³-hybridized carbons (Fsp3) is 0.417. The lowest BCUT2D eigenvalue weighted by molar-refractivity contribution is -0.117. The zero-order valence-corrected chi connectivity index (χ0v) is 10.4. The van der Waals surface area contributed by atoms with Crippen molar-refractivity contribution in [2.45, 2.75) is 13.0 Å². The molecule has 3 nitrogen and oxygen atoms in total. The quantitative estimate of drug-likeness (QED) is 0.845. The Bertz CT molecular complexity index is 399. The van der Waals surface area contributed by atoms with E-state index in [1.54, 1.807) is 24.8 Å². The minimum atomic E-state index is -0.328. The first kappa shape index (κ1) is 12.4. The molecule has 1 fully saturated rings. The minimum Gasteiger partial charge on any atom is -0.325 e. The van der Waals surface area contributed by atoms with Crippen molar-refractivity contribution in [1.82, 2.24) is 5.32 Å². The Hall–Kier alpha value is -1.07. The molecule has 1 aliphatic rings. The summed E-state index contributed by atoms with van der Waals surface area (Å²) in [5, 5.41) is 5.88. The second kappa shape index (κ2) is 5.51. The average molecular weight is 254 g/mol. The number of amides is 1. The van der Waals surface area contributed by atoms with Gasteiger partial charge in [-0.25, -0.2) is 4.39 Å². The van der Waals surface area contributed by atoms with Crippen molar-refractivity contribution < 1.29 is 9.18 Å². The lowest BCUT2D eigenvalue weighted by Gasteiger charge is -2.22. The molecule has 0 aromatic heterocycles. The third-order valence-corrected chi connectivity index (χ3v) is 3.61. The van der Waals surface area contributed by atoms with Crippen LogP contribution in [0, 0.1) is 12.7 Å². The van der Waals surface area contributed by atoms with E-state index in [0.29, 0.717) is 5.69 Å². The maximum atomic E-state index is 13.1. The molecule has 1 aliphatic heterocycles. The molecule has 1 saturated heterocycles. The Morgan fingerprint density at radius 1 is 1.53 bits per heavy atom. The highest BCUT2D eigenvalue weighted by Crippen LogP contribution is 2.15. The summed E-state index contributed by atoms with van der Waals surface area (Å²) in [7, 11) is 0. The van der Waals surface area contributed by atoms with Gasteiger partial charge in [-0.15, -0.1) is 0 Å². The highest BCUT2D eigenvalue weighted by molar-refractivity contribution is 7.99. The lowest BCUT2D eigenvalue weighted by Crippen LogP contribution is -2.46. The minimum absolute atomic E-state index is 0.0952. The molecule has 17 heavy (non-hydrogen) atoms. The number of benzene rings is 1. The van der Waals surface area contributed by atoms with Gasteiger partial charge in [-0.1, -0.05) is 0 Å². The summed E-state index contributed by atoms with van der Waals surface area (Å²) < 4.78 is 13.1. The molecule has 0 saturated carbocycles. The molecule has 2 rings (SSSR count). The van der Waals surface area contributed by atoms with Gasteiger partial charge in [0, 0.05) is 23.7 Å². The van der Waals surface area contributed by atoms with Crippen molar-refractivity contribution >= 4 is 23.4 Å². The maximum Gasteiger partial charge on any atom is 0.242 e. The molecular formula is C12H15FN2OS. The molecule has 1 unspecified atom stereocenters. The van der Waals surface area contributed by atoms with Crippen LogP contribution in [0.15, 0.2) is 18.2 Å². The van der Waals surface area contributed by atoms with Crippen LogP contribution in [0.1, 0.15) is 5.56 Å². The third-order valence-electron chi connectivity index (χ3n) is 2.55. The number of carbonyl (C=O) groups is 1. The normalized spacial score (nSPS) is 20.0. The van der Waals surface area contributed by atoms with Gasteiger partial charge in [0.25, 0.3) is 0 Å². The van der Waals surface area contributed by atoms with Gasteiger partial charge in [-0.05, 0) is 30.7 Å². The molecule has 1 atom stereocenters. The predicted octanol–water partition coefficient (Wildman–Crippen LogP) is 1.78.